The Labute approximate surface area is 210 Å². The van der Waals surface area contributed by atoms with Gasteiger partial charge in [-0.05, 0) is 36.1 Å². The van der Waals surface area contributed by atoms with Crippen molar-refractivity contribution < 1.29 is 17.6 Å². The first-order chi connectivity index (χ1) is 17.4. The average molecular weight is 504 g/mol. The highest BCUT2D eigenvalue weighted by molar-refractivity contribution is 7.90. The Morgan fingerprint density at radius 1 is 0.917 bits per heavy atom. The first kappa shape index (κ1) is 23.9. The lowest BCUT2D eigenvalue weighted by molar-refractivity contribution is 0.0721. The molecule has 0 aliphatic heterocycles. The molecule has 1 heterocycles. The van der Waals surface area contributed by atoms with Gasteiger partial charge in [-0.3, -0.25) is 4.79 Å². The highest BCUT2D eigenvalue weighted by Crippen LogP contribution is 2.31. The van der Waals surface area contributed by atoms with Crippen LogP contribution in [0.3, 0.4) is 0 Å². The monoisotopic (exact) mass is 503 g/mol. The SMILES string of the molecule is O=C(c1ccccc1F)N(Cc1cnc(S(=O)(=O)Cc2ccccc2)n1Cc1ccccc1)C1CC1. The van der Waals surface area contributed by atoms with Gasteiger partial charge in [-0.2, -0.15) is 0 Å². The van der Waals surface area contributed by atoms with Crippen LogP contribution in [-0.4, -0.2) is 34.8 Å². The third-order valence-electron chi connectivity index (χ3n) is 6.25. The topological polar surface area (TPSA) is 72.3 Å². The van der Waals surface area contributed by atoms with E-state index in [0.717, 1.165) is 18.4 Å². The van der Waals surface area contributed by atoms with E-state index in [-0.39, 0.29) is 35.6 Å². The normalized spacial score (nSPS) is 13.5. The van der Waals surface area contributed by atoms with Crippen LogP contribution in [0.4, 0.5) is 4.39 Å². The first-order valence-corrected chi connectivity index (χ1v) is 13.5. The lowest BCUT2D eigenvalue weighted by atomic mass is 10.1. The number of amides is 1. The van der Waals surface area contributed by atoms with Crippen LogP contribution in [0, 0.1) is 5.82 Å². The first-order valence-electron chi connectivity index (χ1n) is 11.8. The summed E-state index contributed by atoms with van der Waals surface area (Å²) in [5.74, 6) is -1.16. The molecule has 3 aromatic carbocycles. The summed E-state index contributed by atoms with van der Waals surface area (Å²) >= 11 is 0. The Morgan fingerprint density at radius 2 is 1.53 bits per heavy atom. The maximum Gasteiger partial charge on any atom is 0.257 e. The van der Waals surface area contributed by atoms with Crippen LogP contribution in [-0.2, 0) is 28.7 Å². The lowest BCUT2D eigenvalue weighted by Gasteiger charge is -2.24. The number of carbonyl (C=O) groups is 1. The van der Waals surface area contributed by atoms with Gasteiger partial charge in [-0.1, -0.05) is 72.8 Å². The van der Waals surface area contributed by atoms with Crippen LogP contribution >= 0.6 is 0 Å². The molecule has 1 saturated carbocycles. The fraction of sp³-hybridized carbons (Fsp3) is 0.214. The largest absolute Gasteiger partial charge is 0.330 e. The van der Waals surface area contributed by atoms with Gasteiger partial charge in [0.2, 0.25) is 15.0 Å². The van der Waals surface area contributed by atoms with Crippen molar-refractivity contribution in [3.05, 3.63) is 119 Å². The number of hydrogen-bond acceptors (Lipinski definition) is 4. The number of hydrogen-bond donors (Lipinski definition) is 0. The van der Waals surface area contributed by atoms with Gasteiger partial charge < -0.3 is 9.47 Å². The Kier molecular flexibility index (Phi) is 6.69. The third kappa shape index (κ3) is 5.23. The van der Waals surface area contributed by atoms with Crippen molar-refractivity contribution in [2.24, 2.45) is 0 Å². The van der Waals surface area contributed by atoms with E-state index in [1.807, 2.05) is 36.4 Å². The second-order valence-electron chi connectivity index (χ2n) is 8.99. The quantitative estimate of drug-likeness (QED) is 0.327. The van der Waals surface area contributed by atoms with Gasteiger partial charge in [-0.25, -0.2) is 17.8 Å². The van der Waals surface area contributed by atoms with Crippen LogP contribution < -0.4 is 0 Å². The predicted molar refractivity (Wildman–Crippen MR) is 134 cm³/mol. The van der Waals surface area contributed by atoms with E-state index < -0.39 is 21.6 Å². The number of nitrogens with zero attached hydrogens (tertiary/aromatic N) is 3. The Balaban J connectivity index is 1.51. The van der Waals surface area contributed by atoms with Gasteiger partial charge in [0.1, 0.15) is 5.82 Å². The molecule has 0 atom stereocenters. The molecule has 184 valence electrons. The lowest BCUT2D eigenvalue weighted by Crippen LogP contribution is -2.34. The summed E-state index contributed by atoms with van der Waals surface area (Å²) in [4.78, 5) is 19.3. The Bertz CT molecular complexity index is 1470. The summed E-state index contributed by atoms with van der Waals surface area (Å²) in [7, 11) is -3.77. The molecule has 1 amide bonds. The summed E-state index contributed by atoms with van der Waals surface area (Å²) in [6.07, 6.45) is 3.17. The molecule has 0 bridgehead atoms. The number of carbonyl (C=O) groups excluding carboxylic acids is 1. The van der Waals surface area contributed by atoms with Gasteiger partial charge in [0.05, 0.1) is 36.3 Å². The van der Waals surface area contributed by atoms with Gasteiger partial charge in [-0.15, -0.1) is 0 Å². The van der Waals surface area contributed by atoms with Crippen molar-refractivity contribution in [3.63, 3.8) is 0 Å². The highest BCUT2D eigenvalue weighted by Gasteiger charge is 2.35. The zero-order valence-corrected chi connectivity index (χ0v) is 20.4. The molecule has 0 saturated heterocycles. The number of aromatic nitrogens is 2. The second-order valence-corrected chi connectivity index (χ2v) is 10.9. The number of rotatable bonds is 9. The van der Waals surface area contributed by atoms with Crippen molar-refractivity contribution >= 4 is 15.7 Å². The summed E-state index contributed by atoms with van der Waals surface area (Å²) < 4.78 is 43.0. The van der Waals surface area contributed by atoms with Crippen LogP contribution in [0.5, 0.6) is 0 Å². The molecule has 1 aromatic heterocycles. The summed E-state index contributed by atoms with van der Waals surface area (Å²) in [6, 6.07) is 24.4. The van der Waals surface area contributed by atoms with Crippen LogP contribution in [0.2, 0.25) is 0 Å². The maximum absolute atomic E-state index is 14.4. The number of sulfone groups is 1. The van der Waals surface area contributed by atoms with Crippen molar-refractivity contribution in [1.29, 1.82) is 0 Å². The summed E-state index contributed by atoms with van der Waals surface area (Å²) in [6.45, 7) is 0.421. The minimum absolute atomic E-state index is 0.00967. The smallest absolute Gasteiger partial charge is 0.257 e. The minimum Gasteiger partial charge on any atom is -0.330 e. The zero-order chi connectivity index (χ0) is 25.1. The molecule has 0 N–H and O–H groups in total. The molecular formula is C28H26FN3O3S. The van der Waals surface area contributed by atoms with E-state index in [0.29, 0.717) is 11.3 Å². The molecule has 0 unspecified atom stereocenters. The third-order valence-corrected chi connectivity index (χ3v) is 7.84. The van der Waals surface area contributed by atoms with Crippen molar-refractivity contribution in [2.45, 2.75) is 42.9 Å². The van der Waals surface area contributed by atoms with E-state index in [1.54, 1.807) is 45.9 Å². The Morgan fingerprint density at radius 3 is 2.17 bits per heavy atom. The van der Waals surface area contributed by atoms with E-state index in [4.69, 9.17) is 0 Å². The summed E-state index contributed by atoms with van der Waals surface area (Å²) in [5, 5.41) is -0.0423. The average Bonchev–Trinajstić information content (AvgIpc) is 3.64. The Hall–Kier alpha value is -3.78. The predicted octanol–water partition coefficient (Wildman–Crippen LogP) is 4.85. The molecule has 6 nitrogen and oxygen atoms in total. The molecule has 5 rings (SSSR count). The minimum atomic E-state index is -3.77. The molecule has 1 fully saturated rings. The van der Waals surface area contributed by atoms with Gasteiger partial charge in [0.15, 0.2) is 0 Å². The highest BCUT2D eigenvalue weighted by atomic mass is 32.2. The zero-order valence-electron chi connectivity index (χ0n) is 19.6. The van der Waals surface area contributed by atoms with Crippen molar-refractivity contribution in [1.82, 2.24) is 14.5 Å². The second kappa shape index (κ2) is 10.1. The molecule has 0 radical (unpaired) electrons. The van der Waals surface area contributed by atoms with Gasteiger partial charge >= 0.3 is 0 Å². The van der Waals surface area contributed by atoms with E-state index in [9.17, 15) is 17.6 Å². The fourth-order valence-corrected chi connectivity index (χ4v) is 5.77. The van der Waals surface area contributed by atoms with Crippen molar-refractivity contribution in [3.8, 4) is 0 Å². The van der Waals surface area contributed by atoms with Crippen LogP contribution in [0.15, 0.2) is 96.3 Å². The molecule has 1 aliphatic rings. The fourth-order valence-electron chi connectivity index (χ4n) is 4.28. The van der Waals surface area contributed by atoms with Gasteiger partial charge in [0, 0.05) is 6.04 Å². The molecular weight excluding hydrogens is 477 g/mol. The van der Waals surface area contributed by atoms with E-state index in [1.165, 1.54) is 18.3 Å². The molecule has 8 heteroatoms. The van der Waals surface area contributed by atoms with E-state index >= 15 is 0 Å². The molecule has 1 aliphatic carbocycles. The number of halogens is 1. The van der Waals surface area contributed by atoms with Crippen molar-refractivity contribution in [2.75, 3.05) is 0 Å². The number of benzene rings is 3. The standard InChI is InChI=1S/C28H26FN3O3S/c29-26-14-8-7-13-25(26)27(33)31(23-15-16-23)19-24-17-30-28(32(24)18-21-9-3-1-4-10-21)36(34,35)20-22-11-5-2-6-12-22/h1-14,17,23H,15-16,18-20H2. The molecule has 0 spiro atoms. The van der Waals surface area contributed by atoms with Gasteiger partial charge in [0.25, 0.3) is 5.91 Å². The van der Waals surface area contributed by atoms with Crippen LogP contribution in [0.25, 0.3) is 0 Å². The van der Waals surface area contributed by atoms with E-state index in [2.05, 4.69) is 4.98 Å². The summed E-state index contributed by atoms with van der Waals surface area (Å²) in [5.41, 5.74) is 2.17. The number of imidazole rings is 1. The molecule has 4 aromatic rings. The molecule has 36 heavy (non-hydrogen) atoms. The van der Waals surface area contributed by atoms with Crippen LogP contribution in [0.1, 0.15) is 40.0 Å². The maximum atomic E-state index is 14.4.